The summed E-state index contributed by atoms with van der Waals surface area (Å²) in [5.74, 6) is 3.23. The van der Waals surface area contributed by atoms with Gasteiger partial charge in [0.15, 0.2) is 0 Å². The van der Waals surface area contributed by atoms with Crippen LogP contribution in [0, 0.1) is 0 Å². The lowest BCUT2D eigenvalue weighted by Crippen LogP contribution is -2.31. The molecular weight excluding hydrogens is 380 g/mol. The lowest BCUT2D eigenvalue weighted by Gasteiger charge is -2.30. The summed E-state index contributed by atoms with van der Waals surface area (Å²) in [5, 5.41) is 12.6. The van der Waals surface area contributed by atoms with E-state index in [-0.39, 0.29) is 12.6 Å². The van der Waals surface area contributed by atoms with Gasteiger partial charge in [0, 0.05) is 35.6 Å². The highest BCUT2D eigenvalue weighted by Crippen LogP contribution is 2.39. The largest absolute Gasteiger partial charge is 0.394 e. The Balaban J connectivity index is 1.63. The Morgan fingerprint density at radius 2 is 2.12 bits per heavy atom. The topological polar surface area (TPSA) is 61.3 Å². The Labute approximate surface area is 156 Å². The quantitative estimate of drug-likeness (QED) is 0.801. The second kappa shape index (κ2) is 6.92. The Hall–Kier alpha value is -1.66. The molecule has 0 radical (unpaired) electrons. The Morgan fingerprint density at radius 1 is 1.28 bits per heavy atom. The molecule has 2 aromatic rings. The van der Waals surface area contributed by atoms with Gasteiger partial charge in [-0.25, -0.2) is 9.97 Å². The number of benzene rings is 1. The molecule has 6 heteroatoms. The summed E-state index contributed by atoms with van der Waals surface area (Å²) in [7, 11) is 0. The summed E-state index contributed by atoms with van der Waals surface area (Å²) in [6, 6.07) is 8.52. The zero-order chi connectivity index (χ0) is 17.4. The van der Waals surface area contributed by atoms with Gasteiger partial charge in [0.1, 0.15) is 17.5 Å². The van der Waals surface area contributed by atoms with Crippen molar-refractivity contribution in [3.8, 4) is 0 Å². The van der Waals surface area contributed by atoms with Crippen molar-refractivity contribution in [2.24, 2.45) is 0 Å². The van der Waals surface area contributed by atoms with Crippen LogP contribution < -0.4 is 10.2 Å². The van der Waals surface area contributed by atoms with Crippen LogP contribution in [-0.2, 0) is 13.0 Å². The number of aromatic nitrogens is 2. The number of halogens is 1. The van der Waals surface area contributed by atoms with Crippen LogP contribution in [0.1, 0.15) is 42.6 Å². The second-order valence-electron chi connectivity index (χ2n) is 7.06. The molecule has 0 amide bonds. The number of hydrogen-bond acceptors (Lipinski definition) is 5. The van der Waals surface area contributed by atoms with Crippen molar-refractivity contribution in [3.05, 3.63) is 45.7 Å². The first-order valence-electron chi connectivity index (χ1n) is 8.91. The summed E-state index contributed by atoms with van der Waals surface area (Å²) in [6.45, 7) is 3.87. The maximum Gasteiger partial charge on any atom is 0.136 e. The molecule has 0 bridgehead atoms. The number of aliphatic hydroxyl groups excluding tert-OH is 1. The number of nitrogens with one attached hydrogen (secondary N) is 1. The predicted molar refractivity (Wildman–Crippen MR) is 103 cm³/mol. The van der Waals surface area contributed by atoms with Gasteiger partial charge in [-0.05, 0) is 49.4 Å². The van der Waals surface area contributed by atoms with Crippen molar-refractivity contribution in [3.63, 3.8) is 0 Å². The molecule has 0 saturated heterocycles. The molecule has 132 valence electrons. The highest BCUT2D eigenvalue weighted by atomic mass is 79.9. The molecule has 1 fully saturated rings. The molecule has 1 saturated carbocycles. The SMILES string of the molecule is C[C@@H](CO)Nc1cc(N2CCc3ccc(Br)cc3C2)nc(C2CC2)n1. The number of fused-ring (bicyclic) bond motifs is 1. The van der Waals surface area contributed by atoms with Crippen LogP contribution in [0.15, 0.2) is 28.7 Å². The number of aliphatic hydroxyl groups is 1. The third-order valence-corrected chi connectivity index (χ3v) is 5.34. The van der Waals surface area contributed by atoms with E-state index < -0.39 is 0 Å². The fourth-order valence-corrected chi connectivity index (χ4v) is 3.64. The van der Waals surface area contributed by atoms with Crippen LogP contribution in [0.4, 0.5) is 11.6 Å². The number of nitrogens with zero attached hydrogens (tertiary/aromatic N) is 3. The summed E-state index contributed by atoms with van der Waals surface area (Å²) < 4.78 is 1.12. The average Bonchev–Trinajstić information content (AvgIpc) is 3.46. The van der Waals surface area contributed by atoms with E-state index in [1.54, 1.807) is 0 Å². The van der Waals surface area contributed by atoms with Crippen LogP contribution >= 0.6 is 15.9 Å². The number of hydrogen-bond donors (Lipinski definition) is 2. The number of rotatable bonds is 5. The van der Waals surface area contributed by atoms with Crippen LogP contribution in [0.5, 0.6) is 0 Å². The monoisotopic (exact) mass is 402 g/mol. The molecule has 1 aliphatic heterocycles. The number of anilines is 2. The molecule has 2 heterocycles. The third kappa shape index (κ3) is 3.80. The van der Waals surface area contributed by atoms with Crippen molar-refractivity contribution in [1.29, 1.82) is 0 Å². The van der Waals surface area contributed by atoms with E-state index in [1.165, 1.54) is 24.0 Å². The molecule has 2 N–H and O–H groups in total. The molecule has 4 rings (SSSR count). The van der Waals surface area contributed by atoms with E-state index in [9.17, 15) is 5.11 Å². The molecule has 1 aliphatic carbocycles. The smallest absolute Gasteiger partial charge is 0.136 e. The van der Waals surface area contributed by atoms with Gasteiger partial charge in [-0.1, -0.05) is 22.0 Å². The first-order valence-corrected chi connectivity index (χ1v) is 9.70. The first kappa shape index (κ1) is 16.8. The van der Waals surface area contributed by atoms with Crippen molar-refractivity contribution in [2.45, 2.75) is 44.7 Å². The van der Waals surface area contributed by atoms with Crippen molar-refractivity contribution in [1.82, 2.24) is 9.97 Å². The lowest BCUT2D eigenvalue weighted by atomic mass is 10.00. The molecule has 1 aromatic heterocycles. The van der Waals surface area contributed by atoms with Gasteiger partial charge in [-0.15, -0.1) is 0 Å². The zero-order valence-electron chi connectivity index (χ0n) is 14.4. The molecule has 2 aliphatic rings. The van der Waals surface area contributed by atoms with Gasteiger partial charge in [0.25, 0.3) is 0 Å². The normalized spacial score (nSPS) is 18.0. The molecule has 5 nitrogen and oxygen atoms in total. The van der Waals surface area contributed by atoms with Gasteiger partial charge < -0.3 is 15.3 Å². The van der Waals surface area contributed by atoms with Gasteiger partial charge >= 0.3 is 0 Å². The van der Waals surface area contributed by atoms with Crippen molar-refractivity contribution in [2.75, 3.05) is 23.4 Å². The van der Waals surface area contributed by atoms with Crippen LogP contribution in [0.2, 0.25) is 0 Å². The maximum atomic E-state index is 9.32. The van der Waals surface area contributed by atoms with Gasteiger partial charge in [-0.2, -0.15) is 0 Å². The first-order chi connectivity index (χ1) is 12.1. The lowest BCUT2D eigenvalue weighted by molar-refractivity contribution is 0.281. The van der Waals surface area contributed by atoms with E-state index >= 15 is 0 Å². The summed E-state index contributed by atoms with van der Waals surface area (Å²) in [6.07, 6.45) is 3.38. The van der Waals surface area contributed by atoms with E-state index in [2.05, 4.69) is 49.3 Å². The fraction of sp³-hybridized carbons (Fsp3) is 0.474. The van der Waals surface area contributed by atoms with Crippen LogP contribution in [0.3, 0.4) is 0 Å². The molecule has 25 heavy (non-hydrogen) atoms. The molecule has 0 unspecified atom stereocenters. The Kier molecular flexibility index (Phi) is 4.65. The molecule has 1 aromatic carbocycles. The molecule has 1 atom stereocenters. The Bertz CT molecular complexity index is 778. The highest BCUT2D eigenvalue weighted by molar-refractivity contribution is 9.10. The maximum absolute atomic E-state index is 9.32. The highest BCUT2D eigenvalue weighted by Gasteiger charge is 2.28. The summed E-state index contributed by atoms with van der Waals surface area (Å²) in [4.78, 5) is 11.8. The average molecular weight is 403 g/mol. The van der Waals surface area contributed by atoms with Crippen LogP contribution in [0.25, 0.3) is 0 Å². The van der Waals surface area contributed by atoms with E-state index in [0.717, 1.165) is 41.4 Å². The van der Waals surface area contributed by atoms with Crippen molar-refractivity contribution >= 4 is 27.6 Å². The third-order valence-electron chi connectivity index (χ3n) is 4.85. The van der Waals surface area contributed by atoms with Gasteiger partial charge in [-0.3, -0.25) is 0 Å². The predicted octanol–water partition coefficient (Wildman–Crippen LogP) is 3.47. The van der Waals surface area contributed by atoms with E-state index in [1.807, 2.05) is 13.0 Å². The summed E-state index contributed by atoms with van der Waals surface area (Å²) in [5.41, 5.74) is 2.77. The molecule has 0 spiro atoms. The fourth-order valence-electron chi connectivity index (χ4n) is 3.23. The van der Waals surface area contributed by atoms with E-state index in [0.29, 0.717) is 5.92 Å². The summed E-state index contributed by atoms with van der Waals surface area (Å²) >= 11 is 3.57. The van der Waals surface area contributed by atoms with Crippen LogP contribution in [-0.4, -0.2) is 34.3 Å². The minimum absolute atomic E-state index is 0.0205. The standard InChI is InChI=1S/C19H23BrN4O/c1-12(11-25)21-17-9-18(23-19(22-17)14-2-3-14)24-7-6-13-4-5-16(20)8-15(13)10-24/h4-5,8-9,12,14,25H,2-3,6-7,10-11H2,1H3,(H,21,22,23)/t12-/m0/s1. The van der Waals surface area contributed by atoms with Gasteiger partial charge in [0.05, 0.1) is 6.61 Å². The second-order valence-corrected chi connectivity index (χ2v) is 7.97. The minimum Gasteiger partial charge on any atom is -0.394 e. The van der Waals surface area contributed by atoms with Gasteiger partial charge in [0.2, 0.25) is 0 Å². The minimum atomic E-state index is -0.0205. The molecular formula is C19H23BrN4O. The van der Waals surface area contributed by atoms with E-state index in [4.69, 9.17) is 4.98 Å². The van der Waals surface area contributed by atoms with Crippen molar-refractivity contribution < 1.29 is 5.11 Å². The Morgan fingerprint density at radius 3 is 2.88 bits per heavy atom. The zero-order valence-corrected chi connectivity index (χ0v) is 16.0.